The average Bonchev–Trinajstić information content (AvgIpc) is 2.87. The van der Waals surface area contributed by atoms with E-state index in [-0.39, 0.29) is 0 Å². The normalized spacial score (nSPS) is 12.4. The quantitative estimate of drug-likeness (QED) is 0.134. The van der Waals surface area contributed by atoms with Crippen LogP contribution >= 0.6 is 35.1 Å². The second kappa shape index (κ2) is 20.9. The van der Waals surface area contributed by atoms with Crippen LogP contribution in [0.25, 0.3) is 23.1 Å². The molecule has 45 heavy (non-hydrogen) atoms. The van der Waals surface area contributed by atoms with E-state index in [4.69, 9.17) is 79.3 Å². The highest BCUT2D eigenvalue weighted by Crippen LogP contribution is 2.27. The number of nitrogens with one attached hydrogen (secondary N) is 1. The molecule has 0 saturated heterocycles. The van der Waals surface area contributed by atoms with Gasteiger partial charge in [0.1, 0.15) is 5.82 Å². The number of phosphoric acid groups is 3. The molecule has 0 bridgehead atoms. The number of fused-ring (bicyclic) bond motifs is 1. The average molecular weight is 717 g/mol. The third kappa shape index (κ3) is 26.8. The first-order chi connectivity index (χ1) is 20.6. The Morgan fingerprint density at radius 1 is 0.822 bits per heavy atom. The van der Waals surface area contributed by atoms with Crippen molar-refractivity contribution in [2.24, 2.45) is 0 Å². The fourth-order valence-corrected chi connectivity index (χ4v) is 3.67. The highest BCUT2D eigenvalue weighted by atomic mass is 35.5. The zero-order valence-electron chi connectivity index (χ0n) is 24.7. The molecule has 0 saturated carbocycles. The zero-order chi connectivity index (χ0) is 34.8. The summed E-state index contributed by atoms with van der Waals surface area (Å²) < 4.78 is 26.6. The van der Waals surface area contributed by atoms with Gasteiger partial charge in [-0.1, -0.05) is 61.9 Å². The fraction of sp³-hybridized carbons (Fsp3) is 0.360. The van der Waals surface area contributed by atoms with Crippen LogP contribution in [-0.4, -0.2) is 84.6 Å². The van der Waals surface area contributed by atoms with Gasteiger partial charge in [0.05, 0.1) is 5.52 Å². The monoisotopic (exact) mass is 716 g/mol. The van der Waals surface area contributed by atoms with Gasteiger partial charge >= 0.3 is 23.5 Å². The van der Waals surface area contributed by atoms with E-state index in [1.807, 2.05) is 48.6 Å². The summed E-state index contributed by atoms with van der Waals surface area (Å²) >= 11 is 6.22. The van der Waals surface area contributed by atoms with E-state index in [0.717, 1.165) is 54.8 Å². The van der Waals surface area contributed by atoms with Crippen molar-refractivity contribution < 1.29 is 57.7 Å². The number of benzene rings is 2. The van der Waals surface area contributed by atoms with Crippen LogP contribution in [0.4, 0.5) is 5.82 Å². The number of nitrogens with zero attached hydrogens (tertiary/aromatic N) is 3. The second-order valence-corrected chi connectivity index (χ2v) is 12.6. The van der Waals surface area contributed by atoms with Crippen LogP contribution in [0.5, 0.6) is 0 Å². The molecule has 2 aromatic carbocycles. The molecule has 0 spiro atoms. The van der Waals surface area contributed by atoms with Gasteiger partial charge in [0.15, 0.2) is 5.82 Å². The van der Waals surface area contributed by atoms with Crippen molar-refractivity contribution in [2.75, 3.05) is 25.0 Å². The van der Waals surface area contributed by atoms with Crippen LogP contribution in [-0.2, 0) is 13.7 Å². The van der Waals surface area contributed by atoms with Crippen LogP contribution in [0.1, 0.15) is 45.0 Å². The lowest BCUT2D eigenvalue weighted by atomic mass is 10.1. The molecular formula is C25H40ClN4O12P3. The third-order valence-corrected chi connectivity index (χ3v) is 5.52. The molecule has 3 aromatic rings. The summed E-state index contributed by atoms with van der Waals surface area (Å²) in [6.45, 7) is 9.98. The van der Waals surface area contributed by atoms with Gasteiger partial charge in [-0.25, -0.2) is 23.7 Å². The van der Waals surface area contributed by atoms with E-state index in [9.17, 15) is 0 Å². The molecule has 0 amide bonds. The molecule has 1 heterocycles. The smallest absolute Gasteiger partial charge is 0.367 e. The van der Waals surface area contributed by atoms with E-state index >= 15 is 0 Å². The summed E-state index contributed by atoms with van der Waals surface area (Å²) in [4.78, 5) is 76.6. The van der Waals surface area contributed by atoms with E-state index in [1.54, 1.807) is 0 Å². The third-order valence-electron chi connectivity index (χ3n) is 5.29. The van der Waals surface area contributed by atoms with Crippen molar-refractivity contribution >= 4 is 63.9 Å². The lowest BCUT2D eigenvalue weighted by Gasteiger charge is -2.20. The minimum Gasteiger partial charge on any atom is -0.367 e. The standard InChI is InChI=1S/C25H31ClN4.3H3O4P/c1-4-30(5-2)17-9-10-19(3)27-25-22-15-14-21(26)18-23(22)28-24(29-25)16-13-20-11-7-6-8-12-20;3*1-5(2,3)4/h6-8,11-16,18-19H,4-5,9-10,17H2,1-3H3,(H,27,28,29);3*(H3,1,2,3,4)/b16-13+;;;. The Balaban J connectivity index is 0.00000107. The second-order valence-electron chi connectivity index (χ2n) is 9.09. The molecule has 0 radical (unpaired) electrons. The van der Waals surface area contributed by atoms with Crippen molar-refractivity contribution in [3.8, 4) is 0 Å². The number of halogens is 1. The van der Waals surface area contributed by atoms with Gasteiger partial charge < -0.3 is 54.3 Å². The van der Waals surface area contributed by atoms with E-state index in [1.165, 1.54) is 0 Å². The lowest BCUT2D eigenvalue weighted by molar-refractivity contribution is 0.272. The van der Waals surface area contributed by atoms with Crippen molar-refractivity contribution in [1.29, 1.82) is 0 Å². The summed E-state index contributed by atoms with van der Waals surface area (Å²) in [6, 6.07) is 16.3. The Morgan fingerprint density at radius 2 is 1.33 bits per heavy atom. The molecule has 0 aliphatic heterocycles. The summed E-state index contributed by atoms with van der Waals surface area (Å²) in [5.41, 5.74) is 1.97. The molecule has 10 N–H and O–H groups in total. The maximum atomic E-state index is 8.88. The molecule has 0 fully saturated rings. The van der Waals surface area contributed by atoms with E-state index < -0.39 is 23.5 Å². The summed E-state index contributed by atoms with van der Waals surface area (Å²) in [7, 11) is -13.9. The predicted molar refractivity (Wildman–Crippen MR) is 173 cm³/mol. The number of hydrogen-bond donors (Lipinski definition) is 10. The molecule has 1 atom stereocenters. The first-order valence-electron chi connectivity index (χ1n) is 13.1. The maximum Gasteiger partial charge on any atom is 0.466 e. The van der Waals surface area contributed by atoms with Crippen molar-refractivity contribution in [2.45, 2.75) is 39.7 Å². The molecule has 16 nitrogen and oxygen atoms in total. The number of aromatic nitrogens is 2. The van der Waals surface area contributed by atoms with Crippen LogP contribution in [0.2, 0.25) is 5.02 Å². The Hall–Kier alpha value is -2.10. The largest absolute Gasteiger partial charge is 0.466 e. The Kier molecular flexibility index (Phi) is 19.9. The van der Waals surface area contributed by atoms with Crippen LogP contribution in [0, 0.1) is 0 Å². The van der Waals surface area contributed by atoms with Crippen molar-refractivity contribution in [3.05, 3.63) is 64.9 Å². The first-order valence-corrected chi connectivity index (χ1v) is 18.2. The number of hydrogen-bond acceptors (Lipinski definition) is 7. The van der Waals surface area contributed by atoms with Gasteiger partial charge in [-0.05, 0) is 69.2 Å². The van der Waals surface area contributed by atoms with Gasteiger partial charge in [0.25, 0.3) is 0 Å². The minimum absolute atomic E-state index is 0.320. The molecule has 0 aliphatic carbocycles. The highest BCUT2D eigenvalue weighted by molar-refractivity contribution is 7.45. The molecular weight excluding hydrogens is 677 g/mol. The van der Waals surface area contributed by atoms with Crippen molar-refractivity contribution in [3.63, 3.8) is 0 Å². The van der Waals surface area contributed by atoms with Gasteiger partial charge in [-0.15, -0.1) is 0 Å². The van der Waals surface area contributed by atoms with Crippen LogP contribution in [0.3, 0.4) is 0 Å². The van der Waals surface area contributed by atoms with Gasteiger partial charge in [-0.3, -0.25) is 0 Å². The van der Waals surface area contributed by atoms with Crippen LogP contribution in [0.15, 0.2) is 48.5 Å². The number of anilines is 1. The summed E-state index contributed by atoms with van der Waals surface area (Å²) in [5.74, 6) is 1.53. The van der Waals surface area contributed by atoms with E-state index in [0.29, 0.717) is 16.9 Å². The summed E-state index contributed by atoms with van der Waals surface area (Å²) in [6.07, 6.45) is 6.23. The molecule has 1 unspecified atom stereocenters. The minimum atomic E-state index is -4.64. The van der Waals surface area contributed by atoms with Crippen LogP contribution < -0.4 is 5.32 Å². The Morgan fingerprint density at radius 3 is 1.82 bits per heavy atom. The molecule has 20 heteroatoms. The molecule has 0 aliphatic rings. The molecule has 3 rings (SSSR count). The molecule has 1 aromatic heterocycles. The van der Waals surface area contributed by atoms with Gasteiger partial charge in [0.2, 0.25) is 0 Å². The Bertz CT molecular complexity index is 1390. The number of rotatable bonds is 10. The first kappa shape index (κ1) is 42.9. The topological polar surface area (TPSA) is 274 Å². The van der Waals surface area contributed by atoms with Gasteiger partial charge in [-0.2, -0.15) is 0 Å². The SMILES string of the molecule is CCN(CC)CCCC(C)Nc1nc(/C=C/c2ccccc2)nc2cc(Cl)ccc12.O=P(O)(O)O.O=P(O)(O)O.O=P(O)(O)O. The maximum absolute atomic E-state index is 8.88. The lowest BCUT2D eigenvalue weighted by Crippen LogP contribution is -2.25. The predicted octanol–water partition coefficient (Wildman–Crippen LogP) is 3.59. The summed E-state index contributed by atoms with van der Waals surface area (Å²) in [5, 5.41) is 5.28. The fourth-order valence-electron chi connectivity index (χ4n) is 3.51. The highest BCUT2D eigenvalue weighted by Gasteiger charge is 2.11. The van der Waals surface area contributed by atoms with E-state index in [2.05, 4.69) is 43.1 Å². The van der Waals surface area contributed by atoms with Crippen molar-refractivity contribution in [1.82, 2.24) is 14.9 Å². The Labute approximate surface area is 265 Å². The van der Waals surface area contributed by atoms with Gasteiger partial charge in [0, 0.05) is 16.5 Å². The zero-order valence-corrected chi connectivity index (χ0v) is 28.1. The molecule has 254 valence electrons.